The number of morpholine rings is 1. The fraction of sp³-hybridized carbons (Fsp3) is 0.321. The van der Waals surface area contributed by atoms with Crippen LogP contribution in [0, 0.1) is 6.92 Å². The maximum Gasteiger partial charge on any atom is 0.283 e. The van der Waals surface area contributed by atoms with Gasteiger partial charge in [-0.15, -0.1) is 4.40 Å². The smallest absolute Gasteiger partial charge is 0.283 e. The summed E-state index contributed by atoms with van der Waals surface area (Å²) in [6.45, 7) is 4.93. The molecule has 2 saturated heterocycles. The van der Waals surface area contributed by atoms with Crippen molar-refractivity contribution in [1.82, 2.24) is 14.1 Å². The molecule has 2 fully saturated rings. The predicted molar refractivity (Wildman–Crippen MR) is 149 cm³/mol. The zero-order valence-electron chi connectivity index (χ0n) is 21.8. The molecule has 1 atom stereocenters. The molecule has 5 rings (SSSR count). The first-order valence-electron chi connectivity index (χ1n) is 12.8. The highest BCUT2D eigenvalue weighted by Crippen LogP contribution is 2.35. The Labute approximate surface area is 230 Å². The second kappa shape index (κ2) is 11.6. The fourth-order valence-corrected chi connectivity index (χ4v) is 7.48. The minimum Gasteiger partial charge on any atom is -0.379 e. The van der Waals surface area contributed by atoms with Crippen LogP contribution in [0.15, 0.2) is 99.1 Å². The van der Waals surface area contributed by atoms with E-state index in [4.69, 9.17) is 4.74 Å². The molecule has 9 nitrogen and oxygen atoms in total. The van der Waals surface area contributed by atoms with Crippen LogP contribution >= 0.6 is 0 Å². The molecule has 39 heavy (non-hydrogen) atoms. The molecule has 1 unspecified atom stereocenters. The van der Waals surface area contributed by atoms with E-state index in [2.05, 4.69) is 9.30 Å². The van der Waals surface area contributed by atoms with Gasteiger partial charge in [0.1, 0.15) is 12.0 Å². The summed E-state index contributed by atoms with van der Waals surface area (Å²) in [4.78, 5) is 4.18. The van der Waals surface area contributed by atoms with E-state index in [1.54, 1.807) is 54.6 Å². The lowest BCUT2D eigenvalue weighted by molar-refractivity contribution is 0.0438. The summed E-state index contributed by atoms with van der Waals surface area (Å²) in [5.74, 6) is 0.303. The first kappa shape index (κ1) is 27.5. The summed E-state index contributed by atoms with van der Waals surface area (Å²) in [5.41, 5.74) is 1.67. The number of aryl methyl sites for hydroxylation is 1. The number of hydrogen-bond acceptors (Lipinski definition) is 6. The van der Waals surface area contributed by atoms with E-state index < -0.39 is 26.2 Å². The Morgan fingerprint density at radius 1 is 0.795 bits per heavy atom. The average Bonchev–Trinajstić information content (AvgIpc) is 3.41. The van der Waals surface area contributed by atoms with E-state index in [0.717, 1.165) is 11.1 Å². The van der Waals surface area contributed by atoms with Crippen LogP contribution in [0.4, 0.5) is 0 Å². The summed E-state index contributed by atoms with van der Waals surface area (Å²) in [6.07, 6.45) is -0.760. The fourth-order valence-electron chi connectivity index (χ4n) is 4.86. The van der Waals surface area contributed by atoms with Crippen LogP contribution in [-0.2, 0) is 24.8 Å². The number of rotatable bonds is 7. The van der Waals surface area contributed by atoms with Crippen LogP contribution in [0.2, 0.25) is 0 Å². The third-order valence-electron chi connectivity index (χ3n) is 6.92. The molecule has 2 aliphatic rings. The highest BCUT2D eigenvalue weighted by molar-refractivity contribution is 7.90. The average molecular weight is 569 g/mol. The minimum absolute atomic E-state index is 0.0943. The molecule has 0 bridgehead atoms. The first-order chi connectivity index (χ1) is 18.8. The van der Waals surface area contributed by atoms with Crippen LogP contribution in [0.25, 0.3) is 0 Å². The Kier molecular flexibility index (Phi) is 8.15. The third kappa shape index (κ3) is 6.07. The molecular weight excluding hydrogens is 536 g/mol. The molecule has 0 saturated carbocycles. The standard InChI is InChI=1S/C28H32N4O5S2/c1-23-12-14-25(15-13-23)38(33,34)29-27(22-30-18-20-37-21-19-30)31-16-17-32(28(31)24-8-4-2-5-9-24)39(35,36)26-10-6-3-7-11-26/h2-15,28H,16-22H2,1H3/b29-27+. The van der Waals surface area contributed by atoms with E-state index >= 15 is 0 Å². The van der Waals surface area contributed by atoms with Gasteiger partial charge in [0, 0.05) is 26.2 Å². The topological polar surface area (TPSA) is 99.6 Å². The second-order valence-corrected chi connectivity index (χ2v) is 13.1. The van der Waals surface area contributed by atoms with E-state index in [0.29, 0.717) is 32.1 Å². The molecule has 206 valence electrons. The predicted octanol–water partition coefficient (Wildman–Crippen LogP) is 3.12. The summed E-state index contributed by atoms with van der Waals surface area (Å²) in [5, 5.41) is 0. The normalized spacial score (nSPS) is 19.9. The number of sulfonamides is 2. The van der Waals surface area contributed by atoms with E-state index in [9.17, 15) is 16.8 Å². The molecule has 0 amide bonds. The zero-order valence-corrected chi connectivity index (χ0v) is 23.4. The van der Waals surface area contributed by atoms with Crippen molar-refractivity contribution in [3.63, 3.8) is 0 Å². The van der Waals surface area contributed by atoms with Gasteiger partial charge in [0.05, 0.1) is 29.5 Å². The van der Waals surface area contributed by atoms with E-state index in [1.807, 2.05) is 42.2 Å². The first-order valence-corrected chi connectivity index (χ1v) is 15.7. The molecule has 2 heterocycles. The van der Waals surface area contributed by atoms with Gasteiger partial charge in [-0.3, -0.25) is 4.90 Å². The Balaban J connectivity index is 1.60. The SMILES string of the molecule is Cc1ccc(S(=O)(=O)/N=C(\CN2CCOCC2)N2CCN(S(=O)(=O)c3ccccc3)C2c2ccccc2)cc1. The van der Waals surface area contributed by atoms with Crippen molar-refractivity contribution in [2.24, 2.45) is 4.40 Å². The molecule has 2 aliphatic heterocycles. The number of hydrogen-bond donors (Lipinski definition) is 0. The third-order valence-corrected chi connectivity index (χ3v) is 10.1. The van der Waals surface area contributed by atoms with Crippen molar-refractivity contribution in [3.8, 4) is 0 Å². The van der Waals surface area contributed by atoms with Gasteiger partial charge in [0.2, 0.25) is 10.0 Å². The molecule has 0 N–H and O–H groups in total. The van der Waals surface area contributed by atoms with Crippen LogP contribution in [-0.4, -0.2) is 82.7 Å². The van der Waals surface area contributed by atoms with Crippen LogP contribution in [0.3, 0.4) is 0 Å². The monoisotopic (exact) mass is 568 g/mol. The summed E-state index contributed by atoms with van der Waals surface area (Å²) in [7, 11) is -7.94. The van der Waals surface area contributed by atoms with Crippen LogP contribution in [0.1, 0.15) is 17.3 Å². The van der Waals surface area contributed by atoms with Gasteiger partial charge in [-0.25, -0.2) is 8.42 Å². The molecule has 0 aromatic heterocycles. The lowest BCUT2D eigenvalue weighted by atomic mass is 10.1. The highest BCUT2D eigenvalue weighted by Gasteiger charge is 2.43. The van der Waals surface area contributed by atoms with Gasteiger partial charge in [0.15, 0.2) is 0 Å². The second-order valence-electron chi connectivity index (χ2n) is 9.59. The van der Waals surface area contributed by atoms with Gasteiger partial charge in [0.25, 0.3) is 10.0 Å². The molecule has 0 radical (unpaired) electrons. The molecule has 0 aliphatic carbocycles. The Hall–Kier alpha value is -3.09. The van der Waals surface area contributed by atoms with Crippen molar-refractivity contribution in [2.45, 2.75) is 22.9 Å². The molecule has 3 aromatic carbocycles. The maximum absolute atomic E-state index is 13.8. The lowest BCUT2D eigenvalue weighted by Gasteiger charge is -2.35. The molecule has 0 spiro atoms. The van der Waals surface area contributed by atoms with Crippen molar-refractivity contribution in [2.75, 3.05) is 45.9 Å². The summed E-state index contributed by atoms with van der Waals surface area (Å²) < 4.78 is 66.0. The molecule has 3 aromatic rings. The quantitative estimate of drug-likeness (QED) is 0.319. The highest BCUT2D eigenvalue weighted by atomic mass is 32.2. The van der Waals surface area contributed by atoms with Gasteiger partial charge >= 0.3 is 0 Å². The summed E-state index contributed by atoms with van der Waals surface area (Å²) in [6, 6.07) is 24.1. The van der Waals surface area contributed by atoms with Gasteiger partial charge in [-0.2, -0.15) is 12.7 Å². The van der Waals surface area contributed by atoms with Crippen LogP contribution in [0.5, 0.6) is 0 Å². The largest absolute Gasteiger partial charge is 0.379 e. The minimum atomic E-state index is -4.05. The molecule has 11 heteroatoms. The van der Waals surface area contributed by atoms with Gasteiger partial charge in [-0.1, -0.05) is 66.2 Å². The number of benzene rings is 3. The Bertz CT molecular complexity index is 1510. The van der Waals surface area contributed by atoms with E-state index in [1.165, 1.54) is 4.31 Å². The summed E-state index contributed by atoms with van der Waals surface area (Å²) >= 11 is 0. The van der Waals surface area contributed by atoms with Crippen molar-refractivity contribution in [3.05, 3.63) is 96.1 Å². The van der Waals surface area contributed by atoms with Crippen molar-refractivity contribution in [1.29, 1.82) is 0 Å². The molecular formula is C28H32N4O5S2. The van der Waals surface area contributed by atoms with Crippen molar-refractivity contribution >= 4 is 25.9 Å². The van der Waals surface area contributed by atoms with E-state index in [-0.39, 0.29) is 29.4 Å². The number of amidine groups is 1. The number of nitrogens with zero attached hydrogens (tertiary/aromatic N) is 4. The van der Waals surface area contributed by atoms with Gasteiger partial charge < -0.3 is 9.64 Å². The number of ether oxygens (including phenoxy) is 1. The zero-order chi connectivity index (χ0) is 27.5. The van der Waals surface area contributed by atoms with Gasteiger partial charge in [-0.05, 0) is 36.8 Å². The van der Waals surface area contributed by atoms with Crippen molar-refractivity contribution < 1.29 is 21.6 Å². The maximum atomic E-state index is 13.8. The Morgan fingerprint density at radius 2 is 1.41 bits per heavy atom. The van der Waals surface area contributed by atoms with Crippen LogP contribution < -0.4 is 0 Å². The Morgan fingerprint density at radius 3 is 2.05 bits per heavy atom. The lowest BCUT2D eigenvalue weighted by Crippen LogP contribution is -2.46.